The Morgan fingerprint density at radius 2 is 2.09 bits per heavy atom. The Balaban J connectivity index is 2.05. The van der Waals surface area contributed by atoms with Crippen LogP contribution in [0.25, 0.3) is 0 Å². The van der Waals surface area contributed by atoms with Crippen LogP contribution < -0.4 is 9.46 Å². The summed E-state index contributed by atoms with van der Waals surface area (Å²) in [5, 5.41) is 10.3. The molecule has 0 aliphatic carbocycles. The topological polar surface area (TPSA) is 88.8 Å². The van der Waals surface area contributed by atoms with Gasteiger partial charge >= 0.3 is 0 Å². The zero-order chi connectivity index (χ0) is 16.2. The fourth-order valence-electron chi connectivity index (χ4n) is 1.95. The van der Waals surface area contributed by atoms with Crippen LogP contribution in [0.2, 0.25) is 0 Å². The highest BCUT2D eigenvalue weighted by Gasteiger charge is 2.26. The van der Waals surface area contributed by atoms with Gasteiger partial charge in [0.1, 0.15) is 11.5 Å². The highest BCUT2D eigenvalue weighted by atomic mass is 32.2. The molecule has 1 atom stereocenters. The molecule has 0 saturated heterocycles. The summed E-state index contributed by atoms with van der Waals surface area (Å²) in [6, 6.07) is 9.58. The first kappa shape index (κ1) is 16.5. The molecule has 0 amide bonds. The average Bonchev–Trinajstić information content (AvgIpc) is 2.98. The first-order valence-electron chi connectivity index (χ1n) is 6.71. The summed E-state index contributed by atoms with van der Waals surface area (Å²) in [5.41, 5.74) is -1.26. The maximum atomic E-state index is 12.2. The third-order valence-electron chi connectivity index (χ3n) is 3.13. The van der Waals surface area contributed by atoms with Gasteiger partial charge in [-0.1, -0.05) is 6.07 Å². The predicted molar refractivity (Wildman–Crippen MR) is 81.2 cm³/mol. The van der Waals surface area contributed by atoms with Crippen molar-refractivity contribution in [3.8, 4) is 5.75 Å². The number of furan rings is 1. The minimum Gasteiger partial charge on any atom is -0.497 e. The Bertz CT molecular complexity index is 707. The Hall–Kier alpha value is -1.83. The number of aliphatic hydroxyl groups is 1. The summed E-state index contributed by atoms with van der Waals surface area (Å²) in [6.45, 7) is 1.41. The van der Waals surface area contributed by atoms with E-state index < -0.39 is 15.6 Å². The third kappa shape index (κ3) is 4.33. The molecule has 1 aromatic carbocycles. The Labute approximate surface area is 129 Å². The van der Waals surface area contributed by atoms with Crippen molar-refractivity contribution in [2.45, 2.75) is 23.8 Å². The third-order valence-corrected chi connectivity index (χ3v) is 4.53. The van der Waals surface area contributed by atoms with Crippen molar-refractivity contribution in [1.29, 1.82) is 0 Å². The summed E-state index contributed by atoms with van der Waals surface area (Å²) in [7, 11) is -2.26. The van der Waals surface area contributed by atoms with Gasteiger partial charge in [0.15, 0.2) is 0 Å². The monoisotopic (exact) mass is 325 g/mol. The van der Waals surface area contributed by atoms with Crippen LogP contribution >= 0.6 is 0 Å². The van der Waals surface area contributed by atoms with Crippen LogP contribution in [0, 0.1) is 0 Å². The first-order valence-corrected chi connectivity index (χ1v) is 8.19. The fourth-order valence-corrected chi connectivity index (χ4v) is 3.15. The second-order valence-corrected chi connectivity index (χ2v) is 7.02. The average molecular weight is 325 g/mol. The van der Waals surface area contributed by atoms with Crippen LogP contribution in [0.1, 0.15) is 12.7 Å². The van der Waals surface area contributed by atoms with Gasteiger partial charge in [0.25, 0.3) is 0 Å². The molecular formula is C15H19NO5S. The predicted octanol–water partition coefficient (Wildman–Crippen LogP) is 1.56. The van der Waals surface area contributed by atoms with E-state index in [1.807, 2.05) is 0 Å². The smallest absolute Gasteiger partial charge is 0.240 e. The van der Waals surface area contributed by atoms with Crippen molar-refractivity contribution in [2.24, 2.45) is 0 Å². The number of hydrogen-bond acceptors (Lipinski definition) is 5. The van der Waals surface area contributed by atoms with Crippen molar-refractivity contribution >= 4 is 10.0 Å². The van der Waals surface area contributed by atoms with E-state index >= 15 is 0 Å². The number of methoxy groups -OCH3 is 1. The van der Waals surface area contributed by atoms with Crippen LogP contribution in [0.15, 0.2) is 52.0 Å². The molecule has 0 aliphatic rings. The Morgan fingerprint density at radius 1 is 1.32 bits per heavy atom. The van der Waals surface area contributed by atoms with Gasteiger partial charge in [-0.05, 0) is 31.2 Å². The van der Waals surface area contributed by atoms with E-state index in [1.165, 1.54) is 25.5 Å². The molecule has 22 heavy (non-hydrogen) atoms. The van der Waals surface area contributed by atoms with Crippen LogP contribution in [0.4, 0.5) is 0 Å². The molecule has 2 N–H and O–H groups in total. The van der Waals surface area contributed by atoms with Crippen molar-refractivity contribution in [1.82, 2.24) is 4.72 Å². The SMILES string of the molecule is COc1cccc(S(=O)(=O)NCC(C)(O)Cc2ccco2)c1. The van der Waals surface area contributed by atoms with E-state index in [2.05, 4.69) is 4.72 Å². The molecule has 2 aromatic rings. The molecule has 0 bridgehead atoms. The van der Waals surface area contributed by atoms with E-state index in [4.69, 9.17) is 9.15 Å². The molecule has 1 unspecified atom stereocenters. The molecule has 120 valence electrons. The van der Waals surface area contributed by atoms with E-state index in [-0.39, 0.29) is 17.9 Å². The number of nitrogens with one attached hydrogen (secondary N) is 1. The molecular weight excluding hydrogens is 306 g/mol. The number of benzene rings is 1. The van der Waals surface area contributed by atoms with Gasteiger partial charge in [0, 0.05) is 19.0 Å². The van der Waals surface area contributed by atoms with Gasteiger partial charge in [-0.3, -0.25) is 0 Å². The Morgan fingerprint density at radius 3 is 2.73 bits per heavy atom. The molecule has 6 nitrogen and oxygen atoms in total. The zero-order valence-corrected chi connectivity index (χ0v) is 13.3. The molecule has 1 aromatic heterocycles. The summed E-state index contributed by atoms with van der Waals surface area (Å²) in [6.07, 6.45) is 1.71. The summed E-state index contributed by atoms with van der Waals surface area (Å²) in [5.74, 6) is 1.04. The molecule has 0 aliphatic heterocycles. The number of hydrogen-bond donors (Lipinski definition) is 2. The van der Waals surface area contributed by atoms with Crippen LogP contribution in [0.5, 0.6) is 5.75 Å². The van der Waals surface area contributed by atoms with E-state index in [0.29, 0.717) is 11.5 Å². The zero-order valence-electron chi connectivity index (χ0n) is 12.4. The highest BCUT2D eigenvalue weighted by molar-refractivity contribution is 7.89. The minimum atomic E-state index is -3.73. The van der Waals surface area contributed by atoms with Crippen molar-refractivity contribution in [3.05, 3.63) is 48.4 Å². The molecule has 2 rings (SSSR count). The lowest BCUT2D eigenvalue weighted by atomic mass is 10.0. The van der Waals surface area contributed by atoms with Gasteiger partial charge in [0.05, 0.1) is 23.9 Å². The van der Waals surface area contributed by atoms with Crippen LogP contribution in [0.3, 0.4) is 0 Å². The van der Waals surface area contributed by atoms with E-state index in [0.717, 1.165) is 0 Å². The van der Waals surface area contributed by atoms with Crippen molar-refractivity contribution in [3.63, 3.8) is 0 Å². The molecule has 7 heteroatoms. The van der Waals surface area contributed by atoms with E-state index in [1.54, 1.807) is 31.2 Å². The van der Waals surface area contributed by atoms with Gasteiger partial charge in [-0.25, -0.2) is 13.1 Å². The maximum Gasteiger partial charge on any atom is 0.240 e. The largest absolute Gasteiger partial charge is 0.497 e. The van der Waals surface area contributed by atoms with Gasteiger partial charge < -0.3 is 14.3 Å². The molecule has 1 heterocycles. The quantitative estimate of drug-likeness (QED) is 0.806. The minimum absolute atomic E-state index is 0.0839. The second kappa shape index (κ2) is 6.51. The van der Waals surface area contributed by atoms with E-state index in [9.17, 15) is 13.5 Å². The fraction of sp³-hybridized carbons (Fsp3) is 0.333. The van der Waals surface area contributed by atoms with Crippen LogP contribution in [-0.2, 0) is 16.4 Å². The maximum absolute atomic E-state index is 12.2. The van der Waals surface area contributed by atoms with Gasteiger partial charge in [0.2, 0.25) is 10.0 Å². The summed E-state index contributed by atoms with van der Waals surface area (Å²) in [4.78, 5) is 0.0839. The lowest BCUT2D eigenvalue weighted by Crippen LogP contribution is -2.42. The standard InChI is InChI=1S/C15H19NO5S/c1-15(17,10-13-6-4-8-21-13)11-16-22(18,19)14-7-3-5-12(9-14)20-2/h3-9,16-17H,10-11H2,1-2H3. The highest BCUT2D eigenvalue weighted by Crippen LogP contribution is 2.18. The van der Waals surface area contributed by atoms with Gasteiger partial charge in [-0.2, -0.15) is 0 Å². The molecule has 0 saturated carbocycles. The van der Waals surface area contributed by atoms with Crippen molar-refractivity contribution < 1.29 is 22.7 Å². The first-order chi connectivity index (χ1) is 10.3. The molecule has 0 fully saturated rings. The number of sulfonamides is 1. The van der Waals surface area contributed by atoms with Crippen molar-refractivity contribution in [2.75, 3.05) is 13.7 Å². The number of rotatable bonds is 7. The second-order valence-electron chi connectivity index (χ2n) is 5.26. The normalized spacial score (nSPS) is 14.5. The molecule has 0 spiro atoms. The number of ether oxygens (including phenoxy) is 1. The lowest BCUT2D eigenvalue weighted by molar-refractivity contribution is 0.0603. The van der Waals surface area contributed by atoms with Crippen LogP contribution in [-0.4, -0.2) is 32.8 Å². The van der Waals surface area contributed by atoms with Gasteiger partial charge in [-0.15, -0.1) is 0 Å². The lowest BCUT2D eigenvalue weighted by Gasteiger charge is -2.22. The summed E-state index contributed by atoms with van der Waals surface area (Å²) < 4.78 is 37.1. The molecule has 0 radical (unpaired) electrons. The summed E-state index contributed by atoms with van der Waals surface area (Å²) >= 11 is 0. The Kier molecular flexibility index (Phi) is 4.90.